The van der Waals surface area contributed by atoms with Crippen LogP contribution in [0.2, 0.25) is 0 Å². The van der Waals surface area contributed by atoms with E-state index in [2.05, 4.69) is 15.0 Å². The summed E-state index contributed by atoms with van der Waals surface area (Å²) >= 11 is 0. The van der Waals surface area contributed by atoms with Crippen LogP contribution in [0.5, 0.6) is 11.5 Å². The monoisotopic (exact) mass is 412 g/mol. The maximum Gasteiger partial charge on any atom is 0.422 e. The van der Waals surface area contributed by atoms with Crippen LogP contribution in [0.4, 0.5) is 17.6 Å². The molecule has 1 amide bonds. The van der Waals surface area contributed by atoms with Crippen LogP contribution in [-0.2, 0) is 4.79 Å². The van der Waals surface area contributed by atoms with Crippen LogP contribution in [0.15, 0.2) is 36.5 Å². The Balaban J connectivity index is 1.56. The zero-order valence-corrected chi connectivity index (χ0v) is 15.8. The first kappa shape index (κ1) is 20.9. The molecule has 3 rings (SSSR count). The number of alkyl halides is 3. The highest BCUT2D eigenvalue weighted by Crippen LogP contribution is 2.49. The minimum atomic E-state index is -4.43. The molecule has 1 aliphatic rings. The third-order valence-electron chi connectivity index (χ3n) is 4.69. The van der Waals surface area contributed by atoms with E-state index in [0.717, 1.165) is 0 Å². The number of ether oxygens (including phenoxy) is 2. The minimum Gasteiger partial charge on any atom is -0.497 e. The number of amides is 1. The zero-order valence-electron chi connectivity index (χ0n) is 15.8. The standard InChI is InChI=1S/C20H20F4N2O3/c1-11(18-6-4-13(9-25-18)29-10-20(22,23)24)26-19(27)16-8-14(16)15-7-12(28-2)3-5-17(15)21/h3-7,9,11,14,16H,8,10H2,1-2H3,(H,26,27)/t11?,14-,16+/m0/s1. The van der Waals surface area contributed by atoms with Crippen molar-refractivity contribution in [1.29, 1.82) is 0 Å². The van der Waals surface area contributed by atoms with Gasteiger partial charge in [0.2, 0.25) is 5.91 Å². The quantitative estimate of drug-likeness (QED) is 0.694. The number of nitrogens with zero attached hydrogens (tertiary/aromatic N) is 1. The molecular weight excluding hydrogens is 392 g/mol. The summed E-state index contributed by atoms with van der Waals surface area (Å²) < 4.78 is 60.3. The number of pyridine rings is 1. The Labute approximate surface area is 165 Å². The Morgan fingerprint density at radius 2 is 2.00 bits per heavy atom. The van der Waals surface area contributed by atoms with Gasteiger partial charge in [-0.25, -0.2) is 4.39 Å². The van der Waals surface area contributed by atoms with Crippen LogP contribution >= 0.6 is 0 Å². The lowest BCUT2D eigenvalue weighted by molar-refractivity contribution is -0.153. The van der Waals surface area contributed by atoms with Crippen molar-refractivity contribution < 1.29 is 31.8 Å². The molecule has 5 nitrogen and oxygen atoms in total. The zero-order chi connectivity index (χ0) is 21.2. The van der Waals surface area contributed by atoms with Gasteiger partial charge in [0.15, 0.2) is 6.61 Å². The van der Waals surface area contributed by atoms with Crippen molar-refractivity contribution in [3.63, 3.8) is 0 Å². The largest absolute Gasteiger partial charge is 0.497 e. The van der Waals surface area contributed by atoms with Gasteiger partial charge in [-0.3, -0.25) is 9.78 Å². The van der Waals surface area contributed by atoms with Crippen LogP contribution in [-0.4, -0.2) is 30.8 Å². The molecule has 3 atom stereocenters. The summed E-state index contributed by atoms with van der Waals surface area (Å²) in [6, 6.07) is 6.82. The van der Waals surface area contributed by atoms with E-state index in [1.807, 2.05) is 0 Å². The van der Waals surface area contributed by atoms with E-state index in [-0.39, 0.29) is 29.3 Å². The van der Waals surface area contributed by atoms with E-state index in [0.29, 0.717) is 23.4 Å². The number of carbonyl (C=O) groups is 1. The molecule has 1 heterocycles. The summed E-state index contributed by atoms with van der Waals surface area (Å²) in [5, 5.41) is 2.81. The minimum absolute atomic E-state index is 0.0136. The normalized spacial score (nSPS) is 19.4. The smallest absolute Gasteiger partial charge is 0.422 e. The average Bonchev–Trinajstić information content (AvgIpc) is 3.47. The number of rotatable bonds is 7. The molecule has 1 aromatic carbocycles. The number of aromatic nitrogens is 1. The van der Waals surface area contributed by atoms with Crippen LogP contribution in [0, 0.1) is 11.7 Å². The fraction of sp³-hybridized carbons (Fsp3) is 0.400. The Morgan fingerprint density at radius 3 is 2.62 bits per heavy atom. The van der Waals surface area contributed by atoms with Gasteiger partial charge in [-0.05, 0) is 55.2 Å². The Bertz CT molecular complexity index is 871. The average molecular weight is 412 g/mol. The van der Waals surface area contributed by atoms with E-state index in [1.54, 1.807) is 13.0 Å². The molecule has 0 radical (unpaired) electrons. The van der Waals surface area contributed by atoms with Gasteiger partial charge in [-0.15, -0.1) is 0 Å². The molecule has 1 aromatic heterocycles. The summed E-state index contributed by atoms with van der Waals surface area (Å²) in [5.41, 5.74) is 0.920. The number of nitrogens with one attached hydrogen (secondary N) is 1. The molecule has 1 unspecified atom stereocenters. The Hall–Kier alpha value is -2.84. The van der Waals surface area contributed by atoms with Gasteiger partial charge in [0.25, 0.3) is 0 Å². The highest BCUT2D eigenvalue weighted by Gasteiger charge is 2.45. The van der Waals surface area contributed by atoms with Crippen molar-refractivity contribution in [2.75, 3.05) is 13.7 Å². The van der Waals surface area contributed by atoms with Gasteiger partial charge in [0, 0.05) is 5.92 Å². The number of benzene rings is 1. The van der Waals surface area contributed by atoms with E-state index in [4.69, 9.17) is 4.74 Å². The predicted octanol–water partition coefficient (Wildman–Crippen LogP) is 4.15. The van der Waals surface area contributed by atoms with Crippen molar-refractivity contribution in [2.24, 2.45) is 5.92 Å². The number of carbonyl (C=O) groups excluding carboxylic acids is 1. The second-order valence-corrected chi connectivity index (χ2v) is 6.89. The topological polar surface area (TPSA) is 60.5 Å². The first-order valence-electron chi connectivity index (χ1n) is 8.97. The molecule has 0 saturated heterocycles. The molecule has 2 aromatic rings. The van der Waals surface area contributed by atoms with Crippen LogP contribution in [0.25, 0.3) is 0 Å². The Morgan fingerprint density at radius 1 is 1.28 bits per heavy atom. The molecule has 1 N–H and O–H groups in total. The molecule has 29 heavy (non-hydrogen) atoms. The number of halogens is 4. The van der Waals surface area contributed by atoms with Gasteiger partial charge in [-0.1, -0.05) is 0 Å². The first-order chi connectivity index (χ1) is 13.7. The van der Waals surface area contributed by atoms with Crippen LogP contribution in [0.1, 0.15) is 36.6 Å². The van der Waals surface area contributed by atoms with Crippen molar-refractivity contribution in [3.05, 3.63) is 53.6 Å². The van der Waals surface area contributed by atoms with E-state index < -0.39 is 18.8 Å². The molecule has 0 spiro atoms. The highest BCUT2D eigenvalue weighted by molar-refractivity contribution is 5.83. The van der Waals surface area contributed by atoms with Gasteiger partial charge in [0.05, 0.1) is 25.0 Å². The molecule has 1 saturated carbocycles. The lowest BCUT2D eigenvalue weighted by Gasteiger charge is -2.15. The predicted molar refractivity (Wildman–Crippen MR) is 96.1 cm³/mol. The Kier molecular flexibility index (Phi) is 5.95. The van der Waals surface area contributed by atoms with Crippen molar-refractivity contribution in [1.82, 2.24) is 10.3 Å². The maximum atomic E-state index is 14.1. The molecule has 0 aliphatic heterocycles. The summed E-state index contributed by atoms with van der Waals surface area (Å²) in [6.45, 7) is 0.310. The van der Waals surface area contributed by atoms with Crippen molar-refractivity contribution in [3.8, 4) is 11.5 Å². The summed E-state index contributed by atoms with van der Waals surface area (Å²) in [7, 11) is 1.49. The summed E-state index contributed by atoms with van der Waals surface area (Å²) in [6.07, 6.45) is -2.72. The van der Waals surface area contributed by atoms with Gasteiger partial charge >= 0.3 is 6.18 Å². The third kappa shape index (κ3) is 5.36. The van der Waals surface area contributed by atoms with Crippen molar-refractivity contribution in [2.45, 2.75) is 31.5 Å². The van der Waals surface area contributed by atoms with Gasteiger partial charge in [-0.2, -0.15) is 13.2 Å². The van der Waals surface area contributed by atoms with Crippen LogP contribution < -0.4 is 14.8 Å². The third-order valence-corrected chi connectivity index (χ3v) is 4.69. The van der Waals surface area contributed by atoms with E-state index in [1.165, 1.54) is 37.6 Å². The lowest BCUT2D eigenvalue weighted by atomic mass is 10.1. The van der Waals surface area contributed by atoms with E-state index >= 15 is 0 Å². The first-order valence-corrected chi connectivity index (χ1v) is 8.97. The second kappa shape index (κ2) is 8.26. The second-order valence-electron chi connectivity index (χ2n) is 6.89. The number of hydrogen-bond acceptors (Lipinski definition) is 4. The fourth-order valence-corrected chi connectivity index (χ4v) is 3.05. The number of hydrogen-bond donors (Lipinski definition) is 1. The molecule has 1 aliphatic carbocycles. The lowest BCUT2D eigenvalue weighted by Crippen LogP contribution is -2.29. The van der Waals surface area contributed by atoms with Crippen LogP contribution in [0.3, 0.4) is 0 Å². The molecule has 9 heteroatoms. The summed E-state index contributed by atoms with van der Waals surface area (Å²) in [4.78, 5) is 16.5. The highest BCUT2D eigenvalue weighted by atomic mass is 19.4. The van der Waals surface area contributed by atoms with Gasteiger partial charge in [0.1, 0.15) is 17.3 Å². The molecule has 0 bridgehead atoms. The number of methoxy groups -OCH3 is 1. The van der Waals surface area contributed by atoms with Gasteiger partial charge < -0.3 is 14.8 Å². The maximum absolute atomic E-state index is 14.1. The fourth-order valence-electron chi connectivity index (χ4n) is 3.05. The molecule has 156 valence electrons. The molecular formula is C20H20F4N2O3. The molecule has 1 fully saturated rings. The summed E-state index contributed by atoms with van der Waals surface area (Å²) in [5.74, 6) is -0.672. The SMILES string of the molecule is COc1ccc(F)c([C@@H]2C[C@H]2C(=O)NC(C)c2ccc(OCC(F)(F)F)cn2)c1. The van der Waals surface area contributed by atoms with Crippen molar-refractivity contribution >= 4 is 5.91 Å². The van der Waals surface area contributed by atoms with E-state index in [9.17, 15) is 22.4 Å².